The number of ether oxygens (including phenoxy) is 1. The fourth-order valence-electron chi connectivity index (χ4n) is 3.23. The van der Waals surface area contributed by atoms with Gasteiger partial charge in [-0.1, -0.05) is 65.0 Å². The summed E-state index contributed by atoms with van der Waals surface area (Å²) >= 11 is 0. The van der Waals surface area contributed by atoms with Gasteiger partial charge >= 0.3 is 0 Å². The van der Waals surface area contributed by atoms with E-state index < -0.39 is 0 Å². The molecule has 0 fully saturated rings. The van der Waals surface area contributed by atoms with Gasteiger partial charge in [0.15, 0.2) is 0 Å². The number of nitrogens with one attached hydrogen (secondary N) is 1. The van der Waals surface area contributed by atoms with Crippen LogP contribution in [0.15, 0.2) is 42.5 Å². The molecule has 0 aliphatic heterocycles. The van der Waals surface area contributed by atoms with Gasteiger partial charge in [-0.25, -0.2) is 0 Å². The number of hydrogen-bond acceptors (Lipinski definition) is 2. The fraction of sp³-hybridized carbons (Fsp3) is 0.480. The molecule has 0 radical (unpaired) electrons. The van der Waals surface area contributed by atoms with E-state index in [4.69, 9.17) is 4.74 Å². The zero-order valence-electron chi connectivity index (χ0n) is 18.1. The molecule has 1 N–H and O–H groups in total. The highest BCUT2D eigenvalue weighted by atomic mass is 16.5. The first-order chi connectivity index (χ1) is 13.4. The maximum Gasteiger partial charge on any atom is 0.224 e. The Bertz CT molecular complexity index is 740. The van der Waals surface area contributed by atoms with Crippen molar-refractivity contribution in [1.29, 1.82) is 0 Å². The Labute approximate surface area is 170 Å². The lowest BCUT2D eigenvalue weighted by atomic mass is 9.82. The first-order valence-corrected chi connectivity index (χ1v) is 10.5. The molecule has 1 amide bonds. The van der Waals surface area contributed by atoms with E-state index in [1.54, 1.807) is 0 Å². The number of rotatable bonds is 10. The van der Waals surface area contributed by atoms with Crippen LogP contribution in [-0.2, 0) is 23.1 Å². The van der Waals surface area contributed by atoms with E-state index in [1.807, 2.05) is 12.1 Å². The second-order valence-electron chi connectivity index (χ2n) is 7.92. The molecule has 0 atom stereocenters. The average molecular weight is 382 g/mol. The van der Waals surface area contributed by atoms with Crippen LogP contribution >= 0.6 is 0 Å². The molecule has 0 saturated carbocycles. The van der Waals surface area contributed by atoms with Gasteiger partial charge in [-0.15, -0.1) is 0 Å². The van der Waals surface area contributed by atoms with Gasteiger partial charge in [-0.2, -0.15) is 0 Å². The first kappa shape index (κ1) is 22.0. The van der Waals surface area contributed by atoms with Crippen molar-refractivity contribution in [3.63, 3.8) is 0 Å². The molecule has 3 nitrogen and oxygen atoms in total. The summed E-state index contributed by atoms with van der Waals surface area (Å²) in [4.78, 5) is 12.4. The summed E-state index contributed by atoms with van der Waals surface area (Å²) in [5.74, 6) is 0.917. The van der Waals surface area contributed by atoms with Gasteiger partial charge < -0.3 is 10.1 Å². The van der Waals surface area contributed by atoms with Gasteiger partial charge in [-0.3, -0.25) is 4.79 Å². The molecule has 0 aromatic heterocycles. The molecule has 0 aliphatic rings. The average Bonchev–Trinajstić information content (AvgIpc) is 2.71. The zero-order valence-corrected chi connectivity index (χ0v) is 18.1. The molecule has 28 heavy (non-hydrogen) atoms. The number of carbonyl (C=O) groups excluding carboxylic acids is 1. The van der Waals surface area contributed by atoms with Crippen molar-refractivity contribution >= 4 is 11.6 Å². The van der Waals surface area contributed by atoms with Crippen molar-refractivity contribution in [2.45, 2.75) is 72.1 Å². The molecular formula is C25H35NO2. The molecule has 0 bridgehead atoms. The van der Waals surface area contributed by atoms with Crippen LogP contribution in [0.2, 0.25) is 0 Å². The Morgan fingerprint density at radius 1 is 0.964 bits per heavy atom. The van der Waals surface area contributed by atoms with Gasteiger partial charge in [-0.05, 0) is 59.9 Å². The number of carbonyl (C=O) groups is 1. The highest BCUT2D eigenvalue weighted by molar-refractivity contribution is 5.92. The van der Waals surface area contributed by atoms with Crippen LogP contribution in [-0.4, -0.2) is 12.5 Å². The van der Waals surface area contributed by atoms with Crippen LogP contribution in [0.3, 0.4) is 0 Å². The number of benzene rings is 2. The maximum atomic E-state index is 12.4. The van der Waals surface area contributed by atoms with Crippen LogP contribution in [0.25, 0.3) is 0 Å². The van der Waals surface area contributed by atoms with Crippen molar-refractivity contribution in [2.75, 3.05) is 11.9 Å². The fourth-order valence-corrected chi connectivity index (χ4v) is 3.23. The number of hydrogen-bond donors (Lipinski definition) is 1. The van der Waals surface area contributed by atoms with E-state index in [2.05, 4.69) is 70.3 Å². The monoisotopic (exact) mass is 381 g/mol. The summed E-state index contributed by atoms with van der Waals surface area (Å²) < 4.78 is 5.82. The van der Waals surface area contributed by atoms with Gasteiger partial charge in [0.05, 0.1) is 6.61 Å². The molecule has 0 aliphatic carbocycles. The van der Waals surface area contributed by atoms with E-state index in [0.717, 1.165) is 30.7 Å². The molecule has 3 heteroatoms. The highest BCUT2D eigenvalue weighted by Gasteiger charge is 2.17. The van der Waals surface area contributed by atoms with Crippen molar-refractivity contribution in [3.05, 3.63) is 59.2 Å². The summed E-state index contributed by atoms with van der Waals surface area (Å²) in [7, 11) is 0. The van der Waals surface area contributed by atoms with E-state index in [1.165, 1.54) is 16.7 Å². The second kappa shape index (κ2) is 10.3. The van der Waals surface area contributed by atoms with Crippen LogP contribution in [0.4, 0.5) is 5.69 Å². The van der Waals surface area contributed by atoms with Gasteiger partial charge in [0, 0.05) is 12.1 Å². The molecule has 0 heterocycles. The van der Waals surface area contributed by atoms with E-state index >= 15 is 0 Å². The highest BCUT2D eigenvalue weighted by Crippen LogP contribution is 2.28. The van der Waals surface area contributed by atoms with Crippen LogP contribution in [0, 0.1) is 0 Å². The topological polar surface area (TPSA) is 38.3 Å². The summed E-state index contributed by atoms with van der Waals surface area (Å²) in [5, 5.41) is 3.12. The summed E-state index contributed by atoms with van der Waals surface area (Å²) in [6, 6.07) is 14.6. The normalized spacial score (nSPS) is 11.3. The quantitative estimate of drug-likeness (QED) is 0.491. The Hall–Kier alpha value is -2.29. The van der Waals surface area contributed by atoms with Crippen molar-refractivity contribution in [3.8, 4) is 5.75 Å². The predicted octanol–water partition coefficient (Wildman–Crippen LogP) is 6.30. The third-order valence-corrected chi connectivity index (χ3v) is 5.60. The van der Waals surface area contributed by atoms with Gasteiger partial charge in [0.2, 0.25) is 5.91 Å². The van der Waals surface area contributed by atoms with Crippen molar-refractivity contribution < 1.29 is 9.53 Å². The lowest BCUT2D eigenvalue weighted by Gasteiger charge is -2.23. The Morgan fingerprint density at radius 2 is 1.57 bits per heavy atom. The van der Waals surface area contributed by atoms with E-state index in [-0.39, 0.29) is 11.3 Å². The van der Waals surface area contributed by atoms with E-state index in [0.29, 0.717) is 19.4 Å². The van der Waals surface area contributed by atoms with Crippen LogP contribution in [0.5, 0.6) is 5.75 Å². The molecular weight excluding hydrogens is 346 g/mol. The zero-order chi connectivity index (χ0) is 20.6. The first-order valence-electron chi connectivity index (χ1n) is 10.5. The second-order valence-corrected chi connectivity index (χ2v) is 7.92. The van der Waals surface area contributed by atoms with Crippen LogP contribution in [0.1, 0.15) is 70.6 Å². The number of para-hydroxylation sites is 1. The Kier molecular flexibility index (Phi) is 8.10. The summed E-state index contributed by atoms with van der Waals surface area (Å²) in [5.41, 5.74) is 4.89. The largest absolute Gasteiger partial charge is 0.494 e. The minimum atomic E-state index is 0.0549. The van der Waals surface area contributed by atoms with Gasteiger partial charge in [0.25, 0.3) is 0 Å². The summed E-state index contributed by atoms with van der Waals surface area (Å²) in [6.45, 7) is 11.5. The Balaban J connectivity index is 1.82. The van der Waals surface area contributed by atoms with Crippen molar-refractivity contribution in [2.24, 2.45) is 0 Å². The molecule has 2 rings (SSSR count). The smallest absolute Gasteiger partial charge is 0.224 e. The molecule has 2 aromatic carbocycles. The van der Waals surface area contributed by atoms with Crippen LogP contribution < -0.4 is 10.1 Å². The third kappa shape index (κ3) is 5.85. The Morgan fingerprint density at radius 3 is 2.11 bits per heavy atom. The molecule has 2 aromatic rings. The molecule has 0 saturated heterocycles. The minimum absolute atomic E-state index is 0.0549. The number of amides is 1. The SMILES string of the molecule is CCc1cccc(CC)c1NC(=O)CCCOc1ccc(C(C)(C)CC)cc1. The lowest BCUT2D eigenvalue weighted by molar-refractivity contribution is -0.116. The third-order valence-electron chi connectivity index (χ3n) is 5.60. The molecule has 0 unspecified atom stereocenters. The van der Waals surface area contributed by atoms with Gasteiger partial charge in [0.1, 0.15) is 5.75 Å². The van der Waals surface area contributed by atoms with Crippen molar-refractivity contribution in [1.82, 2.24) is 0 Å². The number of aryl methyl sites for hydroxylation is 2. The lowest BCUT2D eigenvalue weighted by Crippen LogP contribution is -2.16. The summed E-state index contributed by atoms with van der Waals surface area (Å²) in [6.07, 6.45) is 4.09. The number of anilines is 1. The molecule has 0 spiro atoms. The minimum Gasteiger partial charge on any atom is -0.494 e. The molecule has 152 valence electrons. The maximum absolute atomic E-state index is 12.4. The van der Waals surface area contributed by atoms with E-state index in [9.17, 15) is 4.79 Å². The standard InChI is InChI=1S/C25H35NO2/c1-6-19-11-9-12-20(7-2)24(19)26-23(27)13-10-18-28-22-16-14-21(15-17-22)25(4,5)8-3/h9,11-12,14-17H,6-8,10,13,18H2,1-5H3,(H,26,27). The predicted molar refractivity (Wildman–Crippen MR) is 118 cm³/mol.